The first-order chi connectivity index (χ1) is 8.65. The van der Waals surface area contributed by atoms with Crippen molar-refractivity contribution in [3.05, 3.63) is 52.1 Å². The fourth-order valence-corrected chi connectivity index (χ4v) is 1.90. The highest BCUT2D eigenvalue weighted by molar-refractivity contribution is 9.10. The maximum atomic E-state index is 13.4. The zero-order valence-electron chi connectivity index (χ0n) is 9.53. The Kier molecular flexibility index (Phi) is 4.22. The number of rotatable bonds is 4. The fraction of sp³-hybridized carbons (Fsp3) is 0.167. The Morgan fingerprint density at radius 1 is 1.28 bits per heavy atom. The van der Waals surface area contributed by atoms with Gasteiger partial charge in [0.15, 0.2) is 0 Å². The number of anilines is 1. The number of nitrogens with one attached hydrogen (secondary N) is 1. The summed E-state index contributed by atoms with van der Waals surface area (Å²) in [5.74, 6) is 0.778. The van der Waals surface area contributed by atoms with E-state index in [2.05, 4.69) is 31.2 Å². The maximum Gasteiger partial charge on any atom is 0.144 e. The predicted molar refractivity (Wildman–Crippen MR) is 71.1 cm³/mol. The third kappa shape index (κ3) is 3.48. The monoisotopic (exact) mass is 310 g/mol. The van der Waals surface area contributed by atoms with Crippen molar-refractivity contribution in [3.8, 4) is 0 Å². The summed E-state index contributed by atoms with van der Waals surface area (Å²) in [7, 11) is 0. The van der Waals surface area contributed by atoms with Gasteiger partial charge in [-0.2, -0.15) is 0 Å². The molecule has 2 aromatic rings. The maximum absolute atomic E-state index is 13.4. The highest BCUT2D eigenvalue weighted by Gasteiger charge is 2.03. The zero-order valence-corrected chi connectivity index (χ0v) is 11.1. The van der Waals surface area contributed by atoms with Gasteiger partial charge in [0.2, 0.25) is 0 Å². The van der Waals surface area contributed by atoms with Crippen molar-refractivity contribution in [3.63, 3.8) is 0 Å². The summed E-state index contributed by atoms with van der Waals surface area (Å²) < 4.78 is 14.3. The fourth-order valence-electron chi connectivity index (χ4n) is 1.49. The van der Waals surface area contributed by atoms with Gasteiger partial charge in [-0.15, -0.1) is 0 Å². The number of aromatic nitrogens is 2. The lowest BCUT2D eigenvalue weighted by Crippen LogP contribution is -2.16. The molecular weight excluding hydrogens is 299 g/mol. The Labute approximate surface area is 113 Å². The van der Waals surface area contributed by atoms with Gasteiger partial charge in [-0.05, 0) is 24.3 Å². The second-order valence-corrected chi connectivity index (χ2v) is 4.65. The molecule has 1 heterocycles. The van der Waals surface area contributed by atoms with E-state index in [-0.39, 0.29) is 5.82 Å². The van der Waals surface area contributed by atoms with E-state index in [4.69, 9.17) is 5.73 Å². The summed E-state index contributed by atoms with van der Waals surface area (Å²) in [6, 6.07) is 6.46. The van der Waals surface area contributed by atoms with Crippen LogP contribution in [-0.2, 0) is 13.1 Å². The molecule has 0 amide bonds. The van der Waals surface area contributed by atoms with Crippen molar-refractivity contribution < 1.29 is 4.39 Å². The van der Waals surface area contributed by atoms with Crippen LogP contribution in [-0.4, -0.2) is 9.97 Å². The lowest BCUT2D eigenvalue weighted by Gasteiger charge is -2.06. The van der Waals surface area contributed by atoms with E-state index in [0.717, 1.165) is 4.47 Å². The predicted octanol–water partition coefficient (Wildman–Crippen LogP) is 2.25. The SMILES string of the molecule is Nc1ccnc(CNCc2cc(Br)ccc2F)n1. The van der Waals surface area contributed by atoms with Gasteiger partial charge >= 0.3 is 0 Å². The minimum Gasteiger partial charge on any atom is -0.384 e. The molecule has 3 N–H and O–H groups in total. The standard InChI is InChI=1S/C12H12BrFN4/c13-9-1-2-10(14)8(5-9)6-16-7-12-17-4-3-11(15)18-12/h1-5,16H,6-7H2,(H2,15,17,18). The van der Waals surface area contributed by atoms with Crippen LogP contribution < -0.4 is 11.1 Å². The summed E-state index contributed by atoms with van der Waals surface area (Å²) >= 11 is 3.31. The van der Waals surface area contributed by atoms with Gasteiger partial charge in [0, 0.05) is 22.8 Å². The molecule has 0 spiro atoms. The van der Waals surface area contributed by atoms with Gasteiger partial charge in [0.25, 0.3) is 0 Å². The molecule has 1 aromatic heterocycles. The second kappa shape index (κ2) is 5.88. The molecule has 0 atom stereocenters. The molecule has 94 valence electrons. The molecule has 0 aliphatic heterocycles. The van der Waals surface area contributed by atoms with Gasteiger partial charge in [-0.3, -0.25) is 0 Å². The van der Waals surface area contributed by atoms with E-state index >= 15 is 0 Å². The van der Waals surface area contributed by atoms with E-state index in [1.807, 2.05) is 0 Å². The third-order valence-corrected chi connectivity index (χ3v) is 2.83. The number of hydrogen-bond acceptors (Lipinski definition) is 4. The average molecular weight is 311 g/mol. The average Bonchev–Trinajstić information content (AvgIpc) is 2.34. The van der Waals surface area contributed by atoms with Crippen molar-refractivity contribution in [2.45, 2.75) is 13.1 Å². The van der Waals surface area contributed by atoms with Gasteiger partial charge in [-0.1, -0.05) is 15.9 Å². The van der Waals surface area contributed by atoms with Gasteiger partial charge < -0.3 is 11.1 Å². The number of nitrogens with zero attached hydrogens (tertiary/aromatic N) is 2. The summed E-state index contributed by atoms with van der Waals surface area (Å²) in [6.07, 6.45) is 1.60. The lowest BCUT2D eigenvalue weighted by atomic mass is 10.2. The largest absolute Gasteiger partial charge is 0.384 e. The number of nitrogen functional groups attached to an aromatic ring is 1. The molecule has 0 unspecified atom stereocenters. The van der Waals surface area contributed by atoms with E-state index in [9.17, 15) is 4.39 Å². The molecular formula is C12H12BrFN4. The molecule has 0 aliphatic carbocycles. The topological polar surface area (TPSA) is 63.8 Å². The normalized spacial score (nSPS) is 10.6. The van der Waals surface area contributed by atoms with Crippen molar-refractivity contribution in [1.82, 2.24) is 15.3 Å². The smallest absolute Gasteiger partial charge is 0.144 e. The Hall–Kier alpha value is -1.53. The Morgan fingerprint density at radius 2 is 2.11 bits per heavy atom. The van der Waals surface area contributed by atoms with Crippen LogP contribution in [0.5, 0.6) is 0 Å². The first-order valence-electron chi connectivity index (χ1n) is 5.37. The van der Waals surface area contributed by atoms with Crippen LogP contribution in [0.1, 0.15) is 11.4 Å². The van der Waals surface area contributed by atoms with Crippen LogP contribution in [0, 0.1) is 5.82 Å². The molecule has 0 aliphatic rings. The summed E-state index contributed by atoms with van der Waals surface area (Å²) in [5.41, 5.74) is 6.13. The van der Waals surface area contributed by atoms with Crippen LogP contribution in [0.2, 0.25) is 0 Å². The van der Waals surface area contributed by atoms with E-state index < -0.39 is 0 Å². The van der Waals surface area contributed by atoms with Crippen molar-refractivity contribution in [2.75, 3.05) is 5.73 Å². The molecule has 2 rings (SSSR count). The van der Waals surface area contributed by atoms with E-state index in [1.54, 1.807) is 24.4 Å². The second-order valence-electron chi connectivity index (χ2n) is 3.74. The zero-order chi connectivity index (χ0) is 13.0. The molecule has 0 fully saturated rings. The molecule has 0 saturated carbocycles. The number of hydrogen-bond donors (Lipinski definition) is 2. The van der Waals surface area contributed by atoms with Gasteiger partial charge in [0.1, 0.15) is 17.5 Å². The van der Waals surface area contributed by atoms with Gasteiger partial charge in [-0.25, -0.2) is 14.4 Å². The Bertz CT molecular complexity index is 547. The highest BCUT2D eigenvalue weighted by atomic mass is 79.9. The first-order valence-corrected chi connectivity index (χ1v) is 6.16. The van der Waals surface area contributed by atoms with E-state index in [1.165, 1.54) is 6.07 Å². The van der Waals surface area contributed by atoms with Crippen LogP contribution in [0.4, 0.5) is 10.2 Å². The van der Waals surface area contributed by atoms with Crippen molar-refractivity contribution in [2.24, 2.45) is 0 Å². The molecule has 18 heavy (non-hydrogen) atoms. The summed E-state index contributed by atoms with van der Waals surface area (Å²) in [5, 5.41) is 3.07. The van der Waals surface area contributed by atoms with Crippen LogP contribution in [0.25, 0.3) is 0 Å². The van der Waals surface area contributed by atoms with E-state index in [0.29, 0.717) is 30.3 Å². The highest BCUT2D eigenvalue weighted by Crippen LogP contribution is 2.15. The van der Waals surface area contributed by atoms with Crippen LogP contribution in [0.3, 0.4) is 0 Å². The molecule has 0 bridgehead atoms. The number of halogens is 2. The number of benzene rings is 1. The lowest BCUT2D eigenvalue weighted by molar-refractivity contribution is 0.582. The molecule has 4 nitrogen and oxygen atoms in total. The first kappa shape index (κ1) is 12.9. The quantitative estimate of drug-likeness (QED) is 0.909. The van der Waals surface area contributed by atoms with Gasteiger partial charge in [0.05, 0.1) is 6.54 Å². The van der Waals surface area contributed by atoms with Crippen molar-refractivity contribution >= 4 is 21.7 Å². The number of nitrogens with two attached hydrogens (primary N) is 1. The molecule has 0 radical (unpaired) electrons. The Balaban J connectivity index is 1.94. The third-order valence-electron chi connectivity index (χ3n) is 2.33. The molecule has 6 heteroatoms. The summed E-state index contributed by atoms with van der Waals surface area (Å²) in [4.78, 5) is 8.10. The minimum absolute atomic E-state index is 0.237. The molecule has 0 saturated heterocycles. The molecule has 1 aromatic carbocycles. The van der Waals surface area contributed by atoms with Crippen LogP contribution in [0.15, 0.2) is 34.9 Å². The Morgan fingerprint density at radius 3 is 2.89 bits per heavy atom. The van der Waals surface area contributed by atoms with Crippen LogP contribution >= 0.6 is 15.9 Å². The summed E-state index contributed by atoms with van der Waals surface area (Å²) in [6.45, 7) is 0.848. The van der Waals surface area contributed by atoms with Crippen molar-refractivity contribution in [1.29, 1.82) is 0 Å². The minimum atomic E-state index is -0.237.